The van der Waals surface area contributed by atoms with Gasteiger partial charge in [0.1, 0.15) is 0 Å². The van der Waals surface area contributed by atoms with Gasteiger partial charge in [0, 0.05) is 43.3 Å². The number of anilines is 1. The summed E-state index contributed by atoms with van der Waals surface area (Å²) in [5.74, 6) is 0.0548. The number of carbonyl (C=O) groups is 2. The van der Waals surface area contributed by atoms with Crippen LogP contribution in [0.3, 0.4) is 0 Å². The summed E-state index contributed by atoms with van der Waals surface area (Å²) in [6.45, 7) is 2.05. The lowest BCUT2D eigenvalue weighted by Crippen LogP contribution is -2.53. The molecule has 2 N–H and O–H groups in total. The lowest BCUT2D eigenvalue weighted by molar-refractivity contribution is -0.116. The Hall–Kier alpha value is -2.08. The number of aryl methyl sites for hydroxylation is 1. The van der Waals surface area contributed by atoms with Crippen molar-refractivity contribution in [2.24, 2.45) is 0 Å². The number of piperazine rings is 1. The van der Waals surface area contributed by atoms with Gasteiger partial charge in [-0.2, -0.15) is 0 Å². The molecule has 1 atom stereocenters. The van der Waals surface area contributed by atoms with Crippen molar-refractivity contribution in [1.82, 2.24) is 10.2 Å². The van der Waals surface area contributed by atoms with Crippen molar-refractivity contribution in [3.8, 4) is 0 Å². The van der Waals surface area contributed by atoms with Crippen molar-refractivity contribution in [3.63, 3.8) is 0 Å². The fraction of sp³-hybridized carbons (Fsp3) is 0.333. The summed E-state index contributed by atoms with van der Waals surface area (Å²) < 4.78 is 0. The lowest BCUT2D eigenvalue weighted by Gasteiger charge is -2.34. The first-order valence-corrected chi connectivity index (χ1v) is 10.1. The monoisotopic (exact) mass is 417 g/mol. The molecule has 7 heteroatoms. The van der Waals surface area contributed by atoms with Gasteiger partial charge in [0.05, 0.1) is 10.0 Å². The van der Waals surface area contributed by atoms with Crippen molar-refractivity contribution in [3.05, 3.63) is 63.1 Å². The Balaban J connectivity index is 1.44. The van der Waals surface area contributed by atoms with Crippen molar-refractivity contribution in [1.29, 1.82) is 0 Å². The highest BCUT2D eigenvalue weighted by atomic mass is 35.5. The van der Waals surface area contributed by atoms with Gasteiger partial charge in [-0.25, -0.2) is 0 Å². The van der Waals surface area contributed by atoms with E-state index in [2.05, 4.69) is 10.6 Å². The summed E-state index contributed by atoms with van der Waals surface area (Å²) in [5, 5.41) is 7.42. The lowest BCUT2D eigenvalue weighted by atomic mass is 9.99. The number of hydrogen-bond acceptors (Lipinski definition) is 3. The molecule has 0 saturated carbocycles. The minimum atomic E-state index is 0.0267. The molecule has 0 aliphatic carbocycles. The molecule has 146 valence electrons. The van der Waals surface area contributed by atoms with E-state index in [1.54, 1.807) is 12.1 Å². The Morgan fingerprint density at radius 3 is 2.79 bits per heavy atom. The zero-order valence-corrected chi connectivity index (χ0v) is 16.8. The van der Waals surface area contributed by atoms with Crippen molar-refractivity contribution >= 4 is 40.7 Å². The van der Waals surface area contributed by atoms with Gasteiger partial charge in [-0.3, -0.25) is 9.59 Å². The normalized spacial score (nSPS) is 19.1. The average Bonchev–Trinajstić information content (AvgIpc) is 2.70. The molecule has 0 radical (unpaired) electrons. The fourth-order valence-electron chi connectivity index (χ4n) is 3.80. The van der Waals surface area contributed by atoms with E-state index in [1.165, 1.54) is 0 Å². The molecule has 0 bridgehead atoms. The van der Waals surface area contributed by atoms with Crippen molar-refractivity contribution in [2.45, 2.75) is 25.3 Å². The standard InChI is InChI=1S/C21H21Cl2N3O2/c22-17-4-1-13(10-18(17)23)9-16-12-26(8-7-24-16)21(28)15-2-5-19-14(11-15)3-6-20(27)25-19/h1-2,4-5,10-11,16,24H,3,6-9,12H2,(H,25,27). The van der Waals surface area contributed by atoms with Crippen LogP contribution in [0.2, 0.25) is 10.0 Å². The van der Waals surface area contributed by atoms with Crippen LogP contribution in [0.1, 0.15) is 27.9 Å². The smallest absolute Gasteiger partial charge is 0.253 e. The molecule has 2 aliphatic heterocycles. The van der Waals surface area contributed by atoms with Crippen LogP contribution in [0.5, 0.6) is 0 Å². The second-order valence-corrected chi connectivity index (χ2v) is 8.09. The molecule has 5 nitrogen and oxygen atoms in total. The average molecular weight is 418 g/mol. The Kier molecular flexibility index (Phi) is 5.58. The summed E-state index contributed by atoms with van der Waals surface area (Å²) in [5.41, 5.74) is 3.59. The summed E-state index contributed by atoms with van der Waals surface area (Å²) >= 11 is 12.1. The molecular formula is C21H21Cl2N3O2. The minimum absolute atomic E-state index is 0.0267. The third-order valence-corrected chi connectivity index (χ3v) is 6.00. The van der Waals surface area contributed by atoms with E-state index in [9.17, 15) is 9.59 Å². The molecule has 2 aliphatic rings. The van der Waals surface area contributed by atoms with Crippen LogP contribution in [0, 0.1) is 0 Å². The molecule has 2 heterocycles. The van der Waals surface area contributed by atoms with E-state index < -0.39 is 0 Å². The molecule has 1 fully saturated rings. The molecular weight excluding hydrogens is 397 g/mol. The van der Waals surface area contributed by atoms with E-state index in [0.717, 1.165) is 29.8 Å². The quantitative estimate of drug-likeness (QED) is 0.802. The second kappa shape index (κ2) is 8.11. The summed E-state index contributed by atoms with van der Waals surface area (Å²) in [4.78, 5) is 26.4. The number of fused-ring (bicyclic) bond motifs is 1. The van der Waals surface area contributed by atoms with Gasteiger partial charge in [-0.15, -0.1) is 0 Å². The minimum Gasteiger partial charge on any atom is -0.336 e. The molecule has 4 rings (SSSR count). The first-order chi connectivity index (χ1) is 13.5. The van der Waals surface area contributed by atoms with E-state index >= 15 is 0 Å². The van der Waals surface area contributed by atoms with Crippen LogP contribution < -0.4 is 10.6 Å². The maximum Gasteiger partial charge on any atom is 0.253 e. The van der Waals surface area contributed by atoms with Crippen LogP contribution >= 0.6 is 23.2 Å². The van der Waals surface area contributed by atoms with E-state index in [0.29, 0.717) is 41.5 Å². The molecule has 2 aromatic rings. The van der Waals surface area contributed by atoms with Gasteiger partial charge in [0.15, 0.2) is 0 Å². The Labute approximate surface area is 174 Å². The van der Waals surface area contributed by atoms with Crippen molar-refractivity contribution < 1.29 is 9.59 Å². The number of amides is 2. The van der Waals surface area contributed by atoms with E-state index in [1.807, 2.05) is 29.2 Å². The zero-order chi connectivity index (χ0) is 19.7. The zero-order valence-electron chi connectivity index (χ0n) is 15.3. The summed E-state index contributed by atoms with van der Waals surface area (Å²) in [7, 11) is 0. The highest BCUT2D eigenvalue weighted by molar-refractivity contribution is 6.42. The topological polar surface area (TPSA) is 61.4 Å². The third-order valence-electron chi connectivity index (χ3n) is 5.26. The molecule has 2 aromatic carbocycles. The number of halogens is 2. The van der Waals surface area contributed by atoms with E-state index in [-0.39, 0.29) is 17.9 Å². The maximum atomic E-state index is 13.0. The molecule has 28 heavy (non-hydrogen) atoms. The largest absolute Gasteiger partial charge is 0.336 e. The second-order valence-electron chi connectivity index (χ2n) is 7.27. The highest BCUT2D eigenvalue weighted by Gasteiger charge is 2.25. The fourth-order valence-corrected chi connectivity index (χ4v) is 4.12. The van der Waals surface area contributed by atoms with Gasteiger partial charge in [0.2, 0.25) is 5.91 Å². The van der Waals surface area contributed by atoms with Gasteiger partial charge in [-0.1, -0.05) is 29.3 Å². The van der Waals surface area contributed by atoms with Crippen LogP contribution in [-0.4, -0.2) is 42.4 Å². The Morgan fingerprint density at radius 1 is 1.11 bits per heavy atom. The maximum absolute atomic E-state index is 13.0. The number of nitrogens with zero attached hydrogens (tertiary/aromatic N) is 1. The number of benzene rings is 2. The molecule has 1 unspecified atom stereocenters. The van der Waals surface area contributed by atoms with Gasteiger partial charge in [0.25, 0.3) is 5.91 Å². The molecule has 2 amide bonds. The van der Waals surface area contributed by atoms with Crippen molar-refractivity contribution in [2.75, 3.05) is 25.0 Å². The summed E-state index contributed by atoms with van der Waals surface area (Å²) in [6.07, 6.45) is 1.91. The van der Waals surface area contributed by atoms with Gasteiger partial charge < -0.3 is 15.5 Å². The van der Waals surface area contributed by atoms with E-state index in [4.69, 9.17) is 23.2 Å². The number of carbonyl (C=O) groups excluding carboxylic acids is 2. The summed E-state index contributed by atoms with van der Waals surface area (Å²) in [6, 6.07) is 11.3. The predicted octanol–water partition coefficient (Wildman–Crippen LogP) is 3.53. The van der Waals surface area contributed by atoms with Crippen LogP contribution in [0.4, 0.5) is 5.69 Å². The Bertz CT molecular complexity index is 932. The predicted molar refractivity (Wildman–Crippen MR) is 111 cm³/mol. The van der Waals surface area contributed by atoms with Gasteiger partial charge in [-0.05, 0) is 54.3 Å². The van der Waals surface area contributed by atoms with Gasteiger partial charge >= 0.3 is 0 Å². The number of rotatable bonds is 3. The number of hydrogen-bond donors (Lipinski definition) is 2. The number of nitrogens with one attached hydrogen (secondary N) is 2. The molecule has 0 aromatic heterocycles. The SMILES string of the molecule is O=C1CCc2cc(C(=O)N3CCNC(Cc4ccc(Cl)c(Cl)c4)C3)ccc2N1. The van der Waals surface area contributed by atoms with Crippen LogP contribution in [-0.2, 0) is 17.6 Å². The first-order valence-electron chi connectivity index (χ1n) is 9.39. The third kappa shape index (κ3) is 4.17. The Morgan fingerprint density at radius 2 is 1.96 bits per heavy atom. The molecule has 1 saturated heterocycles. The van der Waals surface area contributed by atoms with Crippen LogP contribution in [0.15, 0.2) is 36.4 Å². The van der Waals surface area contributed by atoms with Crippen LogP contribution in [0.25, 0.3) is 0 Å². The molecule has 0 spiro atoms. The first kappa shape index (κ1) is 19.2. The highest BCUT2D eigenvalue weighted by Crippen LogP contribution is 2.25.